The average Bonchev–Trinajstić information content (AvgIpc) is 0.759. The first-order chi connectivity index (χ1) is 56.7. The van der Waals surface area contributed by atoms with Crippen molar-refractivity contribution in [3.05, 3.63) is 378 Å². The Morgan fingerprint density at radius 2 is 0.689 bits per heavy atom. The van der Waals surface area contributed by atoms with Crippen molar-refractivity contribution in [2.24, 2.45) is 0 Å². The van der Waals surface area contributed by atoms with Crippen molar-refractivity contribution >= 4 is 75.4 Å². The van der Waals surface area contributed by atoms with Gasteiger partial charge in [0.1, 0.15) is 92.5 Å². The number of aromatic nitrogens is 2. The molecule has 0 saturated heterocycles. The Labute approximate surface area is 670 Å². The normalized spacial score (nSPS) is 9.71. The number of halogens is 6. The lowest BCUT2D eigenvalue weighted by molar-refractivity contribution is -0.385. The summed E-state index contributed by atoms with van der Waals surface area (Å²) in [6.07, 6.45) is 0.750. The number of ketones is 3. The third kappa shape index (κ3) is 30.1. The van der Waals surface area contributed by atoms with Crippen LogP contribution in [-0.2, 0) is 28.8 Å². The molecule has 0 saturated carbocycles. The van der Waals surface area contributed by atoms with E-state index in [2.05, 4.69) is 0 Å². The van der Waals surface area contributed by atoms with Crippen LogP contribution in [0.2, 0.25) is 0 Å². The van der Waals surface area contributed by atoms with E-state index in [1.54, 1.807) is 59.2 Å². The topological polar surface area (TPSA) is 421 Å². The van der Waals surface area contributed by atoms with E-state index in [1.807, 2.05) is 67.6 Å². The number of ether oxygens (including phenoxy) is 4. The van der Waals surface area contributed by atoms with Crippen LogP contribution in [0.5, 0.6) is 51.7 Å². The van der Waals surface area contributed by atoms with Gasteiger partial charge in [-0.05, 0) is 239 Å². The Morgan fingerprint density at radius 1 is 0.403 bits per heavy atom. The van der Waals surface area contributed by atoms with Crippen molar-refractivity contribution in [1.82, 2.24) is 9.55 Å². The Hall–Kier alpha value is -16.6. The van der Waals surface area contributed by atoms with Gasteiger partial charge in [-0.25, -0.2) is 36.1 Å². The highest BCUT2D eigenvalue weighted by atomic mass is 19.1. The summed E-state index contributed by atoms with van der Waals surface area (Å²) in [5, 5.41) is 39.1. The standard InChI is InChI=1S/C28H21FN2O2.C14H10FNO4.C14H12FNO2.C13H10FNO3.C8H6FNO3.C6H5FO.3CO2/c1-19-30-26-17-16-24(33-23-14-12-22(29)13-15-23)18-25(26)28(32)31(19)27(20-8-4-2-5-9-20)21-10-6-3-7-11-21;1-9(17)13-8-12(6-7-14(13)16(18)19)20-11-4-2-10(15)3-5-11;1-9(17)13-8-12(6-7-14(13)16)18-11-4-2-10(15)3-5-11;14-8-1-3-9(4-2-8)18-10-5-6-12(15)11(7-10)13(16)17;1-5(11)7-4-6(9)2-3-8(7)10(12)13;7-5-1-3-6(8)4-2-5;3*2-1-3/h2-18,27H,1H3;2-8H,1H3;2-8H,16H2,1H3;1-7H,15H2,(H,16,17);2-4H,1H3;1-4,8H;;;. The maximum atomic E-state index is 13.8. The number of nitro benzene ring substituents is 2. The number of phenols is 1. The molecule has 1 heterocycles. The summed E-state index contributed by atoms with van der Waals surface area (Å²) in [5.74, 6) is -0.577. The molecule has 6 N–H and O–H groups in total. The number of benzene rings is 12. The molecule has 13 aromatic rings. The second kappa shape index (κ2) is 47.0. The molecule has 33 heteroatoms. The van der Waals surface area contributed by atoms with E-state index in [0.29, 0.717) is 68.2 Å². The molecule has 0 bridgehead atoms. The molecule has 0 radical (unpaired) electrons. The van der Waals surface area contributed by atoms with E-state index in [-0.39, 0.29) is 104 Å². The fourth-order valence-electron chi connectivity index (χ4n) is 10.1. The monoisotopic (exact) mass is 1630 g/mol. The number of nitro groups is 2. The van der Waals surface area contributed by atoms with Gasteiger partial charge in [0.25, 0.3) is 16.9 Å². The predicted octanol–water partition coefficient (Wildman–Crippen LogP) is 18.0. The molecular weight excluding hydrogens is 1570 g/mol. The van der Waals surface area contributed by atoms with Gasteiger partial charge in [0.15, 0.2) is 17.3 Å². The molecule has 0 atom stereocenters. The molecule has 0 unspecified atom stereocenters. The zero-order valence-electron chi connectivity index (χ0n) is 62.4. The molecule has 606 valence electrons. The summed E-state index contributed by atoms with van der Waals surface area (Å²) in [7, 11) is 0. The van der Waals surface area contributed by atoms with E-state index in [9.17, 15) is 70.5 Å². The molecule has 1 aromatic heterocycles. The van der Waals surface area contributed by atoms with Crippen molar-refractivity contribution in [1.29, 1.82) is 0 Å². The third-order valence-corrected chi connectivity index (χ3v) is 15.3. The largest absolute Gasteiger partial charge is 0.508 e. The molecule has 0 aliphatic carbocycles. The number of fused-ring (bicyclic) bond motifs is 1. The summed E-state index contributed by atoms with van der Waals surface area (Å²) in [6, 6.07) is 67.7. The summed E-state index contributed by atoms with van der Waals surface area (Å²) in [4.78, 5) is 132. The number of nitrogens with two attached hydrogens (primary N) is 2. The number of hydrogen-bond donors (Lipinski definition) is 4. The first-order valence-corrected chi connectivity index (χ1v) is 33.8. The van der Waals surface area contributed by atoms with Crippen molar-refractivity contribution in [2.75, 3.05) is 11.5 Å². The fourth-order valence-corrected chi connectivity index (χ4v) is 10.1. The lowest BCUT2D eigenvalue weighted by Crippen LogP contribution is -2.29. The van der Waals surface area contributed by atoms with Gasteiger partial charge >= 0.3 is 24.4 Å². The molecule has 0 aliphatic rings. The summed E-state index contributed by atoms with van der Waals surface area (Å²) in [5.41, 5.74) is 13.7. The van der Waals surface area contributed by atoms with Crippen molar-refractivity contribution < 1.29 is 113 Å². The molecule has 0 amide bonds. The van der Waals surface area contributed by atoms with E-state index in [4.69, 9.17) is 74.4 Å². The number of nitrogens with zero attached hydrogens (tertiary/aromatic N) is 4. The van der Waals surface area contributed by atoms with Crippen molar-refractivity contribution in [3.63, 3.8) is 0 Å². The number of carboxylic acid groups (broad SMARTS) is 1. The number of carboxylic acids is 1. The van der Waals surface area contributed by atoms with E-state index >= 15 is 0 Å². The second-order valence-corrected chi connectivity index (χ2v) is 23.5. The molecule has 0 spiro atoms. The van der Waals surface area contributed by atoms with Gasteiger partial charge < -0.3 is 40.6 Å². The van der Waals surface area contributed by atoms with Gasteiger partial charge in [-0.1, -0.05) is 60.7 Å². The Kier molecular flexibility index (Phi) is 36.7. The minimum atomic E-state index is -1.13. The zero-order chi connectivity index (χ0) is 87.8. The van der Waals surface area contributed by atoms with Gasteiger partial charge in [0.2, 0.25) is 0 Å². The summed E-state index contributed by atoms with van der Waals surface area (Å²) in [6.45, 7) is 5.68. The van der Waals surface area contributed by atoms with Gasteiger partial charge in [-0.2, -0.15) is 28.8 Å². The van der Waals surface area contributed by atoms with E-state index < -0.39 is 39.0 Å². The average molecular weight is 1630 g/mol. The maximum Gasteiger partial charge on any atom is 0.373 e. The number of Topliss-reactive ketones (excluding diaryl/α,β-unsaturated/α-hetero) is 3. The third-order valence-electron chi connectivity index (χ3n) is 15.3. The smallest absolute Gasteiger partial charge is 0.373 e. The predicted molar refractivity (Wildman–Crippen MR) is 415 cm³/mol. The van der Waals surface area contributed by atoms with Crippen LogP contribution >= 0.6 is 0 Å². The molecule has 119 heavy (non-hydrogen) atoms. The van der Waals surface area contributed by atoms with Crippen molar-refractivity contribution in [2.45, 2.75) is 33.7 Å². The van der Waals surface area contributed by atoms with E-state index in [1.165, 1.54) is 153 Å². The van der Waals surface area contributed by atoms with Gasteiger partial charge in [0.05, 0.1) is 43.5 Å². The van der Waals surface area contributed by atoms with Crippen LogP contribution in [0, 0.1) is 62.1 Å². The number of rotatable bonds is 17. The Morgan fingerprint density at radius 3 is 1.03 bits per heavy atom. The summed E-state index contributed by atoms with van der Waals surface area (Å²) < 4.78 is 99.9. The number of phenolic OH excluding ortho intramolecular Hbond substituents is 1. The van der Waals surface area contributed by atoms with Crippen LogP contribution in [0.15, 0.2) is 278 Å². The highest BCUT2D eigenvalue weighted by molar-refractivity contribution is 6.00. The number of carbonyl (C=O) groups excluding carboxylic acids is 9. The molecular formula is C86H64F6N6O21. The van der Waals surface area contributed by atoms with Gasteiger partial charge in [0, 0.05) is 29.1 Å². The van der Waals surface area contributed by atoms with Crippen LogP contribution in [0.25, 0.3) is 10.9 Å². The van der Waals surface area contributed by atoms with Gasteiger partial charge in [-0.15, -0.1) is 0 Å². The Bertz CT molecular complexity index is 5630. The van der Waals surface area contributed by atoms with Crippen LogP contribution < -0.4 is 36.0 Å². The minimum absolute atomic E-state index is 0.0328. The Balaban J connectivity index is 0.000000259. The highest BCUT2D eigenvalue weighted by Gasteiger charge is 2.23. The zero-order valence-corrected chi connectivity index (χ0v) is 62.4. The van der Waals surface area contributed by atoms with Crippen LogP contribution in [-0.4, -0.2) is 71.4 Å². The second-order valence-electron chi connectivity index (χ2n) is 23.5. The highest BCUT2D eigenvalue weighted by Crippen LogP contribution is 2.33. The first-order valence-electron chi connectivity index (χ1n) is 33.8. The van der Waals surface area contributed by atoms with Crippen molar-refractivity contribution in [3.8, 4) is 51.7 Å². The molecule has 0 fully saturated rings. The molecule has 12 aromatic carbocycles. The van der Waals surface area contributed by atoms with Crippen LogP contribution in [0.1, 0.15) is 85.2 Å². The lowest BCUT2D eigenvalue weighted by Gasteiger charge is -2.23. The number of aryl methyl sites for hydroxylation is 1. The molecule has 0 aliphatic heterocycles. The number of hydrogen-bond acceptors (Lipinski definition) is 23. The minimum Gasteiger partial charge on any atom is -0.508 e. The van der Waals surface area contributed by atoms with Gasteiger partial charge in [-0.3, -0.25) is 44.0 Å². The number of aromatic hydroxyl groups is 1. The van der Waals surface area contributed by atoms with E-state index in [0.717, 1.165) is 36.2 Å². The molecule has 27 nitrogen and oxygen atoms in total. The number of nitrogen functional groups attached to an aromatic ring is 2. The van der Waals surface area contributed by atoms with Crippen LogP contribution in [0.4, 0.5) is 49.1 Å². The number of aromatic carboxylic acids is 1. The maximum absolute atomic E-state index is 13.8. The number of anilines is 2. The molecule has 13 rings (SSSR count). The SMILES string of the molecule is CC(=O)c1cc(F)ccc1[N+](=O)[O-].CC(=O)c1cc(Oc2ccc(F)cc2)ccc1N.CC(=O)c1cc(Oc2ccc(F)cc2)ccc1[N+](=O)[O-].Cc1nc2ccc(Oc3ccc(F)cc3)cc2c(=O)n1C(c1ccccc1)c1ccccc1.Nc1ccc(Oc2ccc(F)cc2)cc1C(=O)O.O=C=O.O=C=O.O=C=O.Oc1ccc(F)cc1. The number of carbonyl (C=O) groups is 4. The summed E-state index contributed by atoms with van der Waals surface area (Å²) >= 11 is 0. The first kappa shape index (κ1) is 93.0. The lowest BCUT2D eigenvalue weighted by atomic mass is 9.98. The van der Waals surface area contributed by atoms with Crippen LogP contribution in [0.3, 0.4) is 0 Å². The quantitative estimate of drug-likeness (QED) is 0.0216. The fraction of sp³-hybridized carbons (Fsp3) is 0.0581.